The third kappa shape index (κ3) is 7.49. The van der Waals surface area contributed by atoms with Crippen LogP contribution < -0.4 is 19.5 Å². The monoisotopic (exact) mass is 505 g/mol. The number of carboxylic acids is 1. The number of amides is 1. The summed E-state index contributed by atoms with van der Waals surface area (Å²) in [6.45, 7) is 2.40. The van der Waals surface area contributed by atoms with Gasteiger partial charge in [0.15, 0.2) is 0 Å². The number of benzene rings is 3. The molecule has 0 fully saturated rings. The highest BCUT2D eigenvalue weighted by atomic mass is 16.6. The normalized spacial score (nSPS) is 11.1. The number of para-hydroxylation sites is 2. The molecule has 190 valence electrons. The third-order valence-electron chi connectivity index (χ3n) is 4.92. The molecule has 10 nitrogen and oxygen atoms in total. The van der Waals surface area contributed by atoms with Crippen LogP contribution in [0.1, 0.15) is 40.1 Å². The van der Waals surface area contributed by atoms with Gasteiger partial charge in [0.05, 0.1) is 5.56 Å². The highest BCUT2D eigenvalue weighted by molar-refractivity contribution is 5.99. The standard InChI is InChI=1S/C27H23NO9/c1-16(29)35-23-9-5-3-7-20(23)25(31)28-22(26(32)33)15-18-11-13-19(14-12-18)37-27(34)21-8-4-6-10-24(21)36-17(2)30/h3-14,22H,15H2,1-2H3,(H,28,31)(H,32,33). The number of aliphatic carboxylic acids is 1. The molecule has 1 unspecified atom stereocenters. The molecule has 0 saturated carbocycles. The van der Waals surface area contributed by atoms with E-state index in [1.807, 2.05) is 0 Å². The van der Waals surface area contributed by atoms with E-state index in [1.165, 1.54) is 50.2 Å². The van der Waals surface area contributed by atoms with Crippen LogP contribution in [0.5, 0.6) is 17.2 Å². The van der Waals surface area contributed by atoms with Crippen molar-refractivity contribution in [1.82, 2.24) is 5.32 Å². The van der Waals surface area contributed by atoms with Crippen molar-refractivity contribution in [3.05, 3.63) is 89.5 Å². The topological polar surface area (TPSA) is 145 Å². The molecule has 3 rings (SSSR count). The first-order chi connectivity index (χ1) is 17.6. The zero-order valence-corrected chi connectivity index (χ0v) is 19.9. The number of esters is 3. The first kappa shape index (κ1) is 26.6. The SMILES string of the molecule is CC(=O)Oc1ccccc1C(=O)NC(Cc1ccc(OC(=O)c2ccccc2OC(C)=O)cc1)C(=O)O. The summed E-state index contributed by atoms with van der Waals surface area (Å²) in [4.78, 5) is 59.6. The smallest absolute Gasteiger partial charge is 0.347 e. The molecule has 1 atom stereocenters. The molecule has 3 aromatic carbocycles. The Balaban J connectivity index is 1.68. The van der Waals surface area contributed by atoms with Crippen molar-refractivity contribution in [3.63, 3.8) is 0 Å². The summed E-state index contributed by atoms with van der Waals surface area (Å²) < 4.78 is 15.4. The van der Waals surface area contributed by atoms with E-state index in [0.29, 0.717) is 5.56 Å². The number of carbonyl (C=O) groups excluding carboxylic acids is 4. The third-order valence-corrected chi connectivity index (χ3v) is 4.92. The van der Waals surface area contributed by atoms with Gasteiger partial charge >= 0.3 is 23.9 Å². The molecule has 0 aliphatic heterocycles. The first-order valence-corrected chi connectivity index (χ1v) is 11.0. The van der Waals surface area contributed by atoms with Gasteiger partial charge in [-0.1, -0.05) is 36.4 Å². The van der Waals surface area contributed by atoms with Gasteiger partial charge in [-0.2, -0.15) is 0 Å². The number of carbonyl (C=O) groups is 5. The Hall–Kier alpha value is -4.99. The van der Waals surface area contributed by atoms with E-state index in [2.05, 4.69) is 5.32 Å². The highest BCUT2D eigenvalue weighted by Crippen LogP contribution is 2.22. The largest absolute Gasteiger partial charge is 0.480 e. The van der Waals surface area contributed by atoms with Crippen molar-refractivity contribution in [1.29, 1.82) is 0 Å². The molecular weight excluding hydrogens is 482 g/mol. The van der Waals surface area contributed by atoms with Gasteiger partial charge in [-0.15, -0.1) is 0 Å². The Morgan fingerprint density at radius 2 is 1.24 bits per heavy atom. The lowest BCUT2D eigenvalue weighted by molar-refractivity contribution is -0.139. The molecule has 0 spiro atoms. The molecule has 10 heteroatoms. The van der Waals surface area contributed by atoms with Crippen LogP contribution in [0.2, 0.25) is 0 Å². The number of nitrogens with one attached hydrogen (secondary N) is 1. The van der Waals surface area contributed by atoms with Crippen LogP contribution in [0.25, 0.3) is 0 Å². The Labute approximate surface area is 211 Å². The molecule has 0 aliphatic carbocycles. The van der Waals surface area contributed by atoms with Crippen molar-refractivity contribution in [2.45, 2.75) is 26.3 Å². The van der Waals surface area contributed by atoms with Crippen LogP contribution in [0.4, 0.5) is 0 Å². The molecule has 37 heavy (non-hydrogen) atoms. The summed E-state index contributed by atoms with van der Waals surface area (Å²) in [5.41, 5.74) is 0.616. The Morgan fingerprint density at radius 3 is 1.78 bits per heavy atom. The van der Waals surface area contributed by atoms with Gasteiger partial charge in [0, 0.05) is 20.3 Å². The highest BCUT2D eigenvalue weighted by Gasteiger charge is 2.23. The fourth-order valence-electron chi connectivity index (χ4n) is 3.30. The predicted molar refractivity (Wildman–Crippen MR) is 129 cm³/mol. The van der Waals surface area contributed by atoms with E-state index in [4.69, 9.17) is 14.2 Å². The molecule has 0 aromatic heterocycles. The second-order valence-corrected chi connectivity index (χ2v) is 7.78. The molecule has 0 bridgehead atoms. The Bertz CT molecular complexity index is 1330. The predicted octanol–water partition coefficient (Wildman–Crippen LogP) is 3.18. The van der Waals surface area contributed by atoms with Crippen LogP contribution in [-0.2, 0) is 20.8 Å². The molecule has 0 heterocycles. The van der Waals surface area contributed by atoms with Gasteiger partial charge in [0.25, 0.3) is 5.91 Å². The lowest BCUT2D eigenvalue weighted by Gasteiger charge is -2.16. The number of hydrogen-bond donors (Lipinski definition) is 2. The van der Waals surface area contributed by atoms with E-state index in [1.54, 1.807) is 36.4 Å². The lowest BCUT2D eigenvalue weighted by Crippen LogP contribution is -2.42. The molecule has 0 radical (unpaired) electrons. The molecule has 1 amide bonds. The van der Waals surface area contributed by atoms with Crippen LogP contribution in [-0.4, -0.2) is 40.9 Å². The summed E-state index contributed by atoms with van der Waals surface area (Å²) in [5.74, 6) is -3.68. The lowest BCUT2D eigenvalue weighted by atomic mass is 10.0. The Kier molecular flexibility index (Phi) is 8.71. The fourth-order valence-corrected chi connectivity index (χ4v) is 3.30. The maximum atomic E-state index is 12.7. The first-order valence-electron chi connectivity index (χ1n) is 11.0. The van der Waals surface area contributed by atoms with Crippen molar-refractivity contribution in [3.8, 4) is 17.2 Å². The quantitative estimate of drug-likeness (QED) is 0.331. The van der Waals surface area contributed by atoms with Crippen LogP contribution in [0, 0.1) is 0 Å². The van der Waals surface area contributed by atoms with E-state index >= 15 is 0 Å². The maximum absolute atomic E-state index is 12.7. The van der Waals surface area contributed by atoms with E-state index in [0.717, 1.165) is 0 Å². The van der Waals surface area contributed by atoms with Gasteiger partial charge in [-0.05, 0) is 42.0 Å². The van der Waals surface area contributed by atoms with Crippen molar-refractivity contribution >= 4 is 29.8 Å². The molecule has 2 N–H and O–H groups in total. The summed E-state index contributed by atoms with van der Waals surface area (Å²) in [5, 5.41) is 12.1. The zero-order chi connectivity index (χ0) is 26.9. The van der Waals surface area contributed by atoms with Gasteiger partial charge in [0.2, 0.25) is 0 Å². The average molecular weight is 505 g/mol. The van der Waals surface area contributed by atoms with E-state index in [9.17, 15) is 29.1 Å². The number of rotatable bonds is 9. The number of carboxylic acid groups (broad SMARTS) is 1. The maximum Gasteiger partial charge on any atom is 0.347 e. The van der Waals surface area contributed by atoms with Crippen molar-refractivity contribution in [2.75, 3.05) is 0 Å². The molecular formula is C27H23NO9. The van der Waals surface area contributed by atoms with Gasteiger partial charge in [-0.25, -0.2) is 9.59 Å². The zero-order valence-electron chi connectivity index (χ0n) is 19.9. The second kappa shape index (κ2) is 12.1. The molecule has 0 aliphatic rings. The summed E-state index contributed by atoms with van der Waals surface area (Å²) in [7, 11) is 0. The number of hydrogen-bond acceptors (Lipinski definition) is 8. The Morgan fingerprint density at radius 1 is 0.730 bits per heavy atom. The van der Waals surface area contributed by atoms with E-state index in [-0.39, 0.29) is 34.8 Å². The van der Waals surface area contributed by atoms with Crippen LogP contribution in [0.3, 0.4) is 0 Å². The van der Waals surface area contributed by atoms with Gasteiger partial charge in [0.1, 0.15) is 28.9 Å². The van der Waals surface area contributed by atoms with Gasteiger partial charge in [-0.3, -0.25) is 14.4 Å². The minimum Gasteiger partial charge on any atom is -0.480 e. The van der Waals surface area contributed by atoms with Crippen molar-refractivity contribution < 1.29 is 43.3 Å². The van der Waals surface area contributed by atoms with E-state index < -0.39 is 35.8 Å². The molecule has 3 aromatic rings. The summed E-state index contributed by atoms with van der Waals surface area (Å²) in [6.07, 6.45) is -0.0691. The minimum atomic E-state index is -1.29. The minimum absolute atomic E-state index is 0.0121. The van der Waals surface area contributed by atoms with Gasteiger partial charge < -0.3 is 24.6 Å². The average Bonchev–Trinajstić information content (AvgIpc) is 2.84. The number of ether oxygens (including phenoxy) is 3. The summed E-state index contributed by atoms with van der Waals surface area (Å²) >= 11 is 0. The fraction of sp³-hybridized carbons (Fsp3) is 0.148. The summed E-state index contributed by atoms with van der Waals surface area (Å²) in [6, 6.07) is 16.8. The van der Waals surface area contributed by atoms with Crippen molar-refractivity contribution in [2.24, 2.45) is 0 Å². The van der Waals surface area contributed by atoms with Crippen LogP contribution in [0.15, 0.2) is 72.8 Å². The second-order valence-electron chi connectivity index (χ2n) is 7.78. The van der Waals surface area contributed by atoms with Crippen LogP contribution >= 0.6 is 0 Å². The molecule has 0 saturated heterocycles.